The Labute approximate surface area is 73.2 Å². The molecule has 1 atom stereocenters. The number of rotatable bonds is 3. The van der Waals surface area contributed by atoms with E-state index in [2.05, 4.69) is 4.72 Å². The molecule has 0 amide bonds. The first-order chi connectivity index (χ1) is 5.72. The Kier molecular flexibility index (Phi) is 3.21. The number of hydrogen-bond acceptors (Lipinski definition) is 2. The number of benzene rings is 1. The molecule has 0 saturated heterocycles. The van der Waals surface area contributed by atoms with E-state index >= 15 is 0 Å². The van der Waals surface area contributed by atoms with Crippen LogP contribution in [-0.2, 0) is 17.8 Å². The summed E-state index contributed by atoms with van der Waals surface area (Å²) in [6.45, 7) is 0.475. The van der Waals surface area contributed by atoms with Crippen LogP contribution in [0.3, 0.4) is 0 Å². The van der Waals surface area contributed by atoms with Crippen LogP contribution in [0, 0.1) is 0 Å². The number of anilines is 1. The van der Waals surface area contributed by atoms with Gasteiger partial charge in [0, 0.05) is 12.2 Å². The van der Waals surface area contributed by atoms with Crippen molar-refractivity contribution in [1.29, 1.82) is 0 Å². The van der Waals surface area contributed by atoms with Crippen molar-refractivity contribution in [2.75, 3.05) is 4.72 Å². The van der Waals surface area contributed by atoms with Gasteiger partial charge in [0.15, 0.2) is 0 Å². The zero-order valence-electron chi connectivity index (χ0n) is 6.36. The summed E-state index contributed by atoms with van der Waals surface area (Å²) in [5, 5.41) is 0. The van der Waals surface area contributed by atoms with Gasteiger partial charge < -0.3 is 5.73 Å². The highest BCUT2D eigenvalue weighted by atomic mass is 32.2. The van der Waals surface area contributed by atoms with E-state index in [1.807, 2.05) is 0 Å². The third kappa shape index (κ3) is 2.61. The van der Waals surface area contributed by atoms with Gasteiger partial charge in [-0.1, -0.05) is 12.1 Å². The lowest BCUT2D eigenvalue weighted by Crippen LogP contribution is -2.02. The Morgan fingerprint density at radius 2 is 2.00 bits per heavy atom. The summed E-state index contributed by atoms with van der Waals surface area (Å²) < 4.78 is 21.1. The van der Waals surface area contributed by atoms with E-state index in [0.29, 0.717) is 12.2 Å². The van der Waals surface area contributed by atoms with Crippen LogP contribution in [0.4, 0.5) is 5.69 Å². The summed E-state index contributed by atoms with van der Waals surface area (Å²) in [6, 6.07) is 7.01. The fourth-order valence-corrected chi connectivity index (χ4v) is 1.15. The van der Waals surface area contributed by atoms with Crippen molar-refractivity contribution in [2.45, 2.75) is 6.54 Å². The van der Waals surface area contributed by atoms with Crippen LogP contribution >= 0.6 is 0 Å². The second-order valence-corrected chi connectivity index (χ2v) is 2.95. The zero-order valence-corrected chi connectivity index (χ0v) is 7.17. The van der Waals surface area contributed by atoms with Gasteiger partial charge in [-0.3, -0.25) is 9.27 Å². The van der Waals surface area contributed by atoms with Crippen LogP contribution < -0.4 is 10.5 Å². The van der Waals surface area contributed by atoms with Crippen LogP contribution in [0.5, 0.6) is 0 Å². The number of hydrogen-bond donors (Lipinski definition) is 3. The summed E-state index contributed by atoms with van der Waals surface area (Å²) in [5.41, 5.74) is 6.97. The molecule has 1 rings (SSSR count). The van der Waals surface area contributed by atoms with E-state index in [0.717, 1.165) is 5.56 Å². The lowest BCUT2D eigenvalue weighted by molar-refractivity contribution is 0.570. The molecule has 0 bridgehead atoms. The quantitative estimate of drug-likeness (QED) is 0.608. The summed E-state index contributed by atoms with van der Waals surface area (Å²) in [7, 11) is 0. The van der Waals surface area contributed by atoms with Crippen molar-refractivity contribution >= 4 is 17.0 Å². The highest BCUT2D eigenvalue weighted by molar-refractivity contribution is 7.80. The average Bonchev–Trinajstić information content (AvgIpc) is 2.05. The van der Waals surface area contributed by atoms with Crippen LogP contribution in [-0.4, -0.2) is 8.76 Å². The Balaban J connectivity index is 2.71. The smallest absolute Gasteiger partial charge is 0.259 e. The third-order valence-corrected chi connectivity index (χ3v) is 1.81. The number of nitrogens with two attached hydrogens (primary N) is 1. The minimum Gasteiger partial charge on any atom is -0.326 e. The highest BCUT2D eigenvalue weighted by Crippen LogP contribution is 2.08. The Morgan fingerprint density at radius 3 is 2.42 bits per heavy atom. The minimum absolute atomic E-state index is 0.475. The fourth-order valence-electron chi connectivity index (χ4n) is 0.810. The molecule has 12 heavy (non-hydrogen) atoms. The zero-order chi connectivity index (χ0) is 8.97. The van der Waals surface area contributed by atoms with Gasteiger partial charge in [-0.25, -0.2) is 4.21 Å². The van der Waals surface area contributed by atoms with E-state index in [4.69, 9.17) is 10.3 Å². The predicted octanol–water partition coefficient (Wildman–Crippen LogP) is 0.694. The number of nitrogens with one attached hydrogen (secondary N) is 1. The summed E-state index contributed by atoms with van der Waals surface area (Å²) in [5.74, 6) is 0. The molecule has 5 heteroatoms. The lowest BCUT2D eigenvalue weighted by Gasteiger charge is -2.01. The Hall–Kier alpha value is -0.910. The van der Waals surface area contributed by atoms with Crippen molar-refractivity contribution in [2.24, 2.45) is 5.73 Å². The molecule has 1 aromatic rings. The molecular formula is C7H10N2O2S. The molecule has 0 aliphatic heterocycles. The van der Waals surface area contributed by atoms with Gasteiger partial charge in [0.2, 0.25) is 0 Å². The van der Waals surface area contributed by atoms with E-state index in [1.165, 1.54) is 0 Å². The van der Waals surface area contributed by atoms with E-state index in [9.17, 15) is 4.21 Å². The van der Waals surface area contributed by atoms with Gasteiger partial charge in [-0.2, -0.15) is 0 Å². The van der Waals surface area contributed by atoms with Crippen LogP contribution in [0.1, 0.15) is 5.56 Å². The van der Waals surface area contributed by atoms with Gasteiger partial charge >= 0.3 is 0 Å². The molecule has 4 N–H and O–H groups in total. The first kappa shape index (κ1) is 9.18. The summed E-state index contributed by atoms with van der Waals surface area (Å²) >= 11 is -2.01. The molecule has 0 saturated carbocycles. The second-order valence-electron chi connectivity index (χ2n) is 2.25. The first-order valence-corrected chi connectivity index (χ1v) is 4.49. The largest absolute Gasteiger partial charge is 0.326 e. The molecule has 4 nitrogen and oxygen atoms in total. The first-order valence-electron chi connectivity index (χ1n) is 3.39. The van der Waals surface area contributed by atoms with Crippen molar-refractivity contribution < 1.29 is 8.76 Å². The maximum atomic E-state index is 10.3. The second kappa shape index (κ2) is 4.20. The normalized spacial score (nSPS) is 12.5. The Bertz CT molecular complexity index is 273. The lowest BCUT2D eigenvalue weighted by atomic mass is 10.2. The average molecular weight is 186 g/mol. The third-order valence-electron chi connectivity index (χ3n) is 1.39. The van der Waals surface area contributed by atoms with E-state index in [-0.39, 0.29) is 0 Å². The maximum Gasteiger partial charge on any atom is 0.259 e. The molecule has 0 aromatic heterocycles. The molecule has 0 aliphatic rings. The molecule has 66 valence electrons. The summed E-state index contributed by atoms with van der Waals surface area (Å²) in [6.07, 6.45) is 0. The van der Waals surface area contributed by atoms with Gasteiger partial charge in [0.25, 0.3) is 11.3 Å². The predicted molar refractivity (Wildman–Crippen MR) is 48.7 cm³/mol. The topological polar surface area (TPSA) is 75.3 Å². The monoisotopic (exact) mass is 186 g/mol. The molecule has 0 radical (unpaired) electrons. The molecular weight excluding hydrogens is 176 g/mol. The minimum atomic E-state index is -2.01. The van der Waals surface area contributed by atoms with Crippen molar-refractivity contribution in [3.05, 3.63) is 29.8 Å². The molecule has 0 aliphatic carbocycles. The fraction of sp³-hybridized carbons (Fsp3) is 0.143. The molecule has 1 unspecified atom stereocenters. The van der Waals surface area contributed by atoms with Gasteiger partial charge in [0.05, 0.1) is 0 Å². The van der Waals surface area contributed by atoms with Gasteiger partial charge in [-0.05, 0) is 17.7 Å². The van der Waals surface area contributed by atoms with Crippen molar-refractivity contribution in [1.82, 2.24) is 0 Å². The maximum absolute atomic E-state index is 10.3. The highest BCUT2D eigenvalue weighted by Gasteiger charge is 1.94. The van der Waals surface area contributed by atoms with Crippen LogP contribution in [0.25, 0.3) is 0 Å². The van der Waals surface area contributed by atoms with Gasteiger partial charge in [-0.15, -0.1) is 0 Å². The summed E-state index contributed by atoms with van der Waals surface area (Å²) in [4.78, 5) is 0. The standard InChI is InChI=1S/C7H10N2O2S/c8-5-6-1-3-7(4-2-6)9-12(10)11/h1-4,9H,5,8H2,(H,10,11). The molecule has 0 fully saturated rings. The molecule has 0 spiro atoms. The van der Waals surface area contributed by atoms with Gasteiger partial charge in [0.1, 0.15) is 0 Å². The van der Waals surface area contributed by atoms with Crippen LogP contribution in [0.2, 0.25) is 0 Å². The van der Waals surface area contributed by atoms with E-state index < -0.39 is 11.3 Å². The van der Waals surface area contributed by atoms with Crippen molar-refractivity contribution in [3.63, 3.8) is 0 Å². The molecule has 1 aromatic carbocycles. The van der Waals surface area contributed by atoms with E-state index in [1.54, 1.807) is 24.3 Å². The SMILES string of the molecule is NCc1ccc(NS(=O)O)cc1. The molecule has 0 heterocycles. The van der Waals surface area contributed by atoms with Crippen molar-refractivity contribution in [3.8, 4) is 0 Å². The Morgan fingerprint density at radius 1 is 1.42 bits per heavy atom. The van der Waals surface area contributed by atoms with Crippen LogP contribution in [0.15, 0.2) is 24.3 Å².